The Morgan fingerprint density at radius 3 is 2.19 bits per heavy atom. The van der Waals surface area contributed by atoms with E-state index in [1.165, 1.54) is 30.9 Å². The minimum absolute atomic E-state index is 0.0266. The number of nitrogens with one attached hydrogen (secondary N) is 1. The fraction of sp³-hybridized carbons (Fsp3) is 0.333. The van der Waals surface area contributed by atoms with Crippen LogP contribution in [0.15, 0.2) is 41.4 Å². The Hall–Kier alpha value is -2.65. The number of carboxylic acid groups (broad SMARTS) is 1. The molecule has 1 amide bonds. The lowest BCUT2D eigenvalue weighted by Gasteiger charge is -2.19. The molecule has 0 saturated heterocycles. The van der Waals surface area contributed by atoms with Gasteiger partial charge in [-0.05, 0) is 37.6 Å². The van der Waals surface area contributed by atoms with E-state index >= 15 is 0 Å². The summed E-state index contributed by atoms with van der Waals surface area (Å²) in [5.74, 6) is -1.42. The van der Waals surface area contributed by atoms with Crippen LogP contribution in [-0.2, 0) is 27.3 Å². The third-order valence-corrected chi connectivity index (χ3v) is 6.17. The fourth-order valence-electron chi connectivity index (χ4n) is 2.40. The van der Waals surface area contributed by atoms with Crippen molar-refractivity contribution in [1.82, 2.24) is 8.87 Å². The van der Waals surface area contributed by atoms with Crippen LogP contribution in [0.2, 0.25) is 0 Å². The van der Waals surface area contributed by atoms with Crippen molar-refractivity contribution < 1.29 is 23.1 Å². The number of aromatic nitrogens is 1. The van der Waals surface area contributed by atoms with E-state index < -0.39 is 27.3 Å². The highest BCUT2D eigenvalue weighted by Gasteiger charge is 2.29. The van der Waals surface area contributed by atoms with Gasteiger partial charge in [0.2, 0.25) is 10.0 Å². The topological polar surface area (TPSA) is 109 Å². The number of anilines is 1. The highest BCUT2D eigenvalue weighted by atomic mass is 32.2. The van der Waals surface area contributed by atoms with Crippen LogP contribution >= 0.6 is 0 Å². The lowest BCUT2D eigenvalue weighted by Crippen LogP contribution is -2.28. The molecule has 146 valence electrons. The van der Waals surface area contributed by atoms with Gasteiger partial charge in [0.15, 0.2) is 0 Å². The van der Waals surface area contributed by atoms with Gasteiger partial charge in [0.25, 0.3) is 5.91 Å². The quantitative estimate of drug-likeness (QED) is 0.779. The van der Waals surface area contributed by atoms with Gasteiger partial charge < -0.3 is 15.0 Å². The Kier molecular flexibility index (Phi) is 5.48. The molecule has 0 radical (unpaired) electrons. The predicted molar refractivity (Wildman–Crippen MR) is 101 cm³/mol. The molecule has 0 aliphatic rings. The molecule has 1 aromatic carbocycles. The Labute approximate surface area is 158 Å². The first-order valence-electron chi connectivity index (χ1n) is 8.11. The normalized spacial score (nSPS) is 12.2. The lowest BCUT2D eigenvalue weighted by atomic mass is 9.85. The van der Waals surface area contributed by atoms with Gasteiger partial charge in [-0.1, -0.05) is 12.1 Å². The van der Waals surface area contributed by atoms with Crippen molar-refractivity contribution in [3.8, 4) is 0 Å². The first kappa shape index (κ1) is 20.7. The maximum absolute atomic E-state index is 12.5. The molecule has 2 aromatic rings. The van der Waals surface area contributed by atoms with Crippen LogP contribution in [-0.4, -0.2) is 48.4 Å². The summed E-state index contributed by atoms with van der Waals surface area (Å²) in [5.41, 5.74) is 0.218. The summed E-state index contributed by atoms with van der Waals surface area (Å²) in [7, 11) is 0.785. The number of hydrogen-bond donors (Lipinski definition) is 2. The molecule has 8 nitrogen and oxygen atoms in total. The highest BCUT2D eigenvalue weighted by Crippen LogP contribution is 2.25. The molecule has 1 heterocycles. The monoisotopic (exact) mass is 393 g/mol. The van der Waals surface area contributed by atoms with E-state index in [-0.39, 0.29) is 10.6 Å². The van der Waals surface area contributed by atoms with E-state index in [1.807, 2.05) is 0 Å². The minimum atomic E-state index is -3.64. The Bertz CT molecular complexity index is 973. The first-order valence-corrected chi connectivity index (χ1v) is 9.55. The summed E-state index contributed by atoms with van der Waals surface area (Å²) in [6.45, 7) is 3.19. The van der Waals surface area contributed by atoms with E-state index in [0.29, 0.717) is 11.3 Å². The third kappa shape index (κ3) is 4.04. The van der Waals surface area contributed by atoms with Crippen LogP contribution in [0, 0.1) is 0 Å². The summed E-state index contributed by atoms with van der Waals surface area (Å²) in [4.78, 5) is 23.8. The van der Waals surface area contributed by atoms with Gasteiger partial charge >= 0.3 is 5.97 Å². The van der Waals surface area contributed by atoms with E-state index in [1.54, 1.807) is 45.2 Å². The molecular weight excluding hydrogens is 370 g/mol. The molecule has 0 spiro atoms. The molecule has 9 heteroatoms. The second kappa shape index (κ2) is 7.16. The van der Waals surface area contributed by atoms with Crippen LogP contribution in [0.5, 0.6) is 0 Å². The zero-order chi connectivity index (χ0) is 20.6. The third-order valence-electron chi connectivity index (χ3n) is 4.39. The number of benzene rings is 1. The molecule has 2 rings (SSSR count). The smallest absolute Gasteiger partial charge is 0.313 e. The second-order valence-electron chi connectivity index (χ2n) is 6.92. The van der Waals surface area contributed by atoms with Gasteiger partial charge in [0.1, 0.15) is 10.6 Å². The van der Waals surface area contributed by atoms with Gasteiger partial charge in [-0.15, -0.1) is 0 Å². The predicted octanol–water partition coefficient (Wildman–Crippen LogP) is 1.89. The molecule has 0 saturated carbocycles. The summed E-state index contributed by atoms with van der Waals surface area (Å²) in [6.07, 6.45) is 1.38. The van der Waals surface area contributed by atoms with Gasteiger partial charge in [-0.3, -0.25) is 9.59 Å². The largest absolute Gasteiger partial charge is 0.481 e. The van der Waals surface area contributed by atoms with Crippen molar-refractivity contribution in [2.24, 2.45) is 7.05 Å². The Balaban J connectivity index is 2.24. The van der Waals surface area contributed by atoms with Crippen LogP contribution in [0.3, 0.4) is 0 Å². The van der Waals surface area contributed by atoms with E-state index in [9.17, 15) is 23.1 Å². The zero-order valence-corrected chi connectivity index (χ0v) is 16.7. The van der Waals surface area contributed by atoms with Crippen molar-refractivity contribution in [1.29, 1.82) is 0 Å². The van der Waals surface area contributed by atoms with Crippen molar-refractivity contribution in [3.05, 3.63) is 47.8 Å². The number of carboxylic acids is 1. The number of aliphatic carboxylic acids is 1. The number of rotatable bonds is 6. The summed E-state index contributed by atoms with van der Waals surface area (Å²) in [6, 6.07) is 7.80. The van der Waals surface area contributed by atoms with Gasteiger partial charge in [0.05, 0.1) is 5.41 Å². The van der Waals surface area contributed by atoms with Crippen LogP contribution in [0.4, 0.5) is 5.69 Å². The van der Waals surface area contributed by atoms with Crippen LogP contribution in [0.1, 0.15) is 29.9 Å². The highest BCUT2D eigenvalue weighted by molar-refractivity contribution is 7.89. The SMILES string of the molecule is CN(C)S(=O)(=O)c1cc(C(=O)Nc2ccc(C(C)(C)C(=O)O)cc2)n(C)c1. The Morgan fingerprint density at radius 1 is 1.15 bits per heavy atom. The number of sulfonamides is 1. The summed E-state index contributed by atoms with van der Waals surface area (Å²) < 4.78 is 26.9. The molecule has 2 N–H and O–H groups in total. The van der Waals surface area contributed by atoms with Crippen molar-refractivity contribution in [3.63, 3.8) is 0 Å². The van der Waals surface area contributed by atoms with E-state index in [4.69, 9.17) is 0 Å². The number of aryl methyl sites for hydroxylation is 1. The van der Waals surface area contributed by atoms with E-state index in [0.717, 1.165) is 4.31 Å². The van der Waals surface area contributed by atoms with Crippen molar-refractivity contribution in [2.45, 2.75) is 24.2 Å². The molecule has 0 fully saturated rings. The second-order valence-corrected chi connectivity index (χ2v) is 9.07. The van der Waals surface area contributed by atoms with Crippen molar-refractivity contribution in [2.75, 3.05) is 19.4 Å². The Morgan fingerprint density at radius 2 is 1.70 bits per heavy atom. The first-order chi connectivity index (χ1) is 12.4. The van der Waals surface area contributed by atoms with Crippen molar-refractivity contribution >= 4 is 27.6 Å². The maximum atomic E-state index is 12.5. The molecule has 0 unspecified atom stereocenters. The van der Waals surface area contributed by atoms with Crippen LogP contribution in [0.25, 0.3) is 0 Å². The number of nitrogens with zero attached hydrogens (tertiary/aromatic N) is 2. The summed E-state index contributed by atoms with van der Waals surface area (Å²) >= 11 is 0. The molecular formula is C18H23N3O5S. The van der Waals surface area contributed by atoms with Gasteiger partial charge in [-0.25, -0.2) is 12.7 Å². The average molecular weight is 393 g/mol. The van der Waals surface area contributed by atoms with Gasteiger partial charge in [-0.2, -0.15) is 0 Å². The minimum Gasteiger partial charge on any atom is -0.481 e. The average Bonchev–Trinajstić information content (AvgIpc) is 2.97. The summed E-state index contributed by atoms with van der Waals surface area (Å²) in [5, 5.41) is 12.0. The molecule has 0 aliphatic heterocycles. The number of carbonyl (C=O) groups excluding carboxylic acids is 1. The molecule has 0 bridgehead atoms. The molecule has 1 aromatic heterocycles. The number of amides is 1. The van der Waals surface area contributed by atoms with Crippen LogP contribution < -0.4 is 5.32 Å². The molecule has 0 aliphatic carbocycles. The lowest BCUT2D eigenvalue weighted by molar-refractivity contribution is -0.142. The number of carbonyl (C=O) groups is 2. The molecule has 0 atom stereocenters. The fourth-order valence-corrected chi connectivity index (χ4v) is 3.37. The zero-order valence-electron chi connectivity index (χ0n) is 15.8. The standard InChI is InChI=1S/C18H23N3O5S/c1-18(2,17(23)24)12-6-8-13(9-7-12)19-16(22)15-10-14(11-21(15)5)27(25,26)20(3)4/h6-11H,1-5H3,(H,19,22)(H,23,24). The van der Waals surface area contributed by atoms with Gasteiger partial charge in [0, 0.05) is 33.0 Å². The number of hydrogen-bond acceptors (Lipinski definition) is 4. The molecule has 27 heavy (non-hydrogen) atoms. The van der Waals surface area contributed by atoms with E-state index in [2.05, 4.69) is 5.32 Å². The maximum Gasteiger partial charge on any atom is 0.313 e.